The van der Waals surface area contributed by atoms with Crippen LogP contribution in [0.3, 0.4) is 0 Å². The zero-order valence-corrected chi connectivity index (χ0v) is 13.9. The van der Waals surface area contributed by atoms with Gasteiger partial charge in [-0.25, -0.2) is 0 Å². The smallest absolute Gasteiger partial charge is 0.115 e. The van der Waals surface area contributed by atoms with Gasteiger partial charge >= 0.3 is 0 Å². The van der Waals surface area contributed by atoms with Crippen molar-refractivity contribution >= 4 is 22.0 Å². The highest BCUT2D eigenvalue weighted by Gasteiger charge is 2.11. The van der Waals surface area contributed by atoms with E-state index in [-0.39, 0.29) is 5.75 Å². The monoisotopic (exact) mass is 316 g/mol. The number of aromatic nitrogens is 2. The highest BCUT2D eigenvalue weighted by molar-refractivity contribution is 6.00. The lowest BCUT2D eigenvalue weighted by Crippen LogP contribution is -1.92. The molecule has 1 aromatic heterocycles. The number of aromatic amines is 1. The first kappa shape index (κ1) is 15.8. The Kier molecular flexibility index (Phi) is 4.34. The van der Waals surface area contributed by atoms with Crippen LogP contribution in [0.4, 0.5) is 0 Å². The molecule has 0 unspecified atom stereocenters. The van der Waals surface area contributed by atoms with Gasteiger partial charge in [-0.05, 0) is 66.0 Å². The van der Waals surface area contributed by atoms with E-state index in [1.165, 1.54) is 0 Å². The molecule has 120 valence electrons. The first-order valence-electron chi connectivity index (χ1n) is 7.86. The Labute approximate surface area is 141 Å². The van der Waals surface area contributed by atoms with E-state index in [0.29, 0.717) is 0 Å². The van der Waals surface area contributed by atoms with Crippen LogP contribution >= 0.6 is 0 Å². The average molecular weight is 316 g/mol. The number of benzene rings is 2. The second-order valence-corrected chi connectivity index (χ2v) is 5.74. The molecule has 2 N–H and O–H groups in total. The summed E-state index contributed by atoms with van der Waals surface area (Å²) in [4.78, 5) is 0. The maximum absolute atomic E-state index is 9.57. The molecule has 0 radical (unpaired) electrons. The van der Waals surface area contributed by atoms with Crippen molar-refractivity contribution in [2.24, 2.45) is 0 Å². The van der Waals surface area contributed by atoms with Gasteiger partial charge in [-0.15, -0.1) is 0 Å². The van der Waals surface area contributed by atoms with E-state index in [1.54, 1.807) is 12.1 Å². The van der Waals surface area contributed by atoms with Gasteiger partial charge in [-0.1, -0.05) is 36.9 Å². The third-order valence-electron chi connectivity index (χ3n) is 4.09. The summed E-state index contributed by atoms with van der Waals surface area (Å²) in [5.74, 6) is 0.257. The summed E-state index contributed by atoms with van der Waals surface area (Å²) >= 11 is 0. The minimum Gasteiger partial charge on any atom is -0.508 e. The summed E-state index contributed by atoms with van der Waals surface area (Å²) in [6.07, 6.45) is 5.81. The Hall–Kier alpha value is -3.07. The molecule has 0 spiro atoms. The van der Waals surface area contributed by atoms with Crippen molar-refractivity contribution < 1.29 is 5.11 Å². The van der Waals surface area contributed by atoms with Crippen LogP contribution in [0.2, 0.25) is 0 Å². The molecule has 3 rings (SSSR count). The van der Waals surface area contributed by atoms with Gasteiger partial charge < -0.3 is 5.11 Å². The first-order valence-corrected chi connectivity index (χ1v) is 7.86. The van der Waals surface area contributed by atoms with E-state index >= 15 is 0 Å². The fourth-order valence-electron chi connectivity index (χ4n) is 2.88. The van der Waals surface area contributed by atoms with Crippen LogP contribution in [0.15, 0.2) is 73.0 Å². The van der Waals surface area contributed by atoms with Crippen LogP contribution in [0.25, 0.3) is 22.0 Å². The molecule has 0 atom stereocenters. The van der Waals surface area contributed by atoms with E-state index in [4.69, 9.17) is 0 Å². The van der Waals surface area contributed by atoms with Crippen LogP contribution in [0, 0.1) is 0 Å². The lowest BCUT2D eigenvalue weighted by atomic mass is 9.90. The van der Waals surface area contributed by atoms with Crippen molar-refractivity contribution in [3.8, 4) is 5.75 Å². The molecular formula is C21H20N2O. The van der Waals surface area contributed by atoms with Gasteiger partial charge in [0.1, 0.15) is 5.75 Å². The molecule has 0 saturated heterocycles. The zero-order valence-electron chi connectivity index (χ0n) is 13.9. The largest absolute Gasteiger partial charge is 0.508 e. The SMILES string of the molecule is C=C(/C=C\C)/C(=C(\C)c1ccc2[nH]ncc2c1)c1ccc(O)cc1. The number of hydrogen-bond donors (Lipinski definition) is 2. The van der Waals surface area contributed by atoms with Gasteiger partial charge in [0.25, 0.3) is 0 Å². The summed E-state index contributed by atoms with van der Waals surface area (Å²) in [6.45, 7) is 8.29. The number of allylic oxidation sites excluding steroid dienone is 5. The minimum absolute atomic E-state index is 0.257. The van der Waals surface area contributed by atoms with E-state index in [2.05, 4.69) is 35.8 Å². The second kappa shape index (κ2) is 6.59. The van der Waals surface area contributed by atoms with Crippen molar-refractivity contribution in [1.29, 1.82) is 0 Å². The molecular weight excluding hydrogens is 296 g/mol. The molecule has 0 aliphatic heterocycles. The maximum Gasteiger partial charge on any atom is 0.115 e. The Morgan fingerprint density at radius 1 is 1.12 bits per heavy atom. The average Bonchev–Trinajstić information content (AvgIpc) is 3.04. The summed E-state index contributed by atoms with van der Waals surface area (Å²) in [5, 5.41) is 17.7. The van der Waals surface area contributed by atoms with Crippen molar-refractivity contribution in [2.45, 2.75) is 13.8 Å². The Morgan fingerprint density at radius 3 is 2.54 bits per heavy atom. The van der Waals surface area contributed by atoms with Gasteiger partial charge in [0.05, 0.1) is 11.7 Å². The van der Waals surface area contributed by atoms with E-state index < -0.39 is 0 Å². The van der Waals surface area contributed by atoms with Crippen molar-refractivity contribution in [2.75, 3.05) is 0 Å². The molecule has 3 aromatic rings. The second-order valence-electron chi connectivity index (χ2n) is 5.74. The Balaban J connectivity index is 2.19. The Bertz CT molecular complexity index is 943. The lowest BCUT2D eigenvalue weighted by Gasteiger charge is -2.14. The van der Waals surface area contributed by atoms with Crippen molar-refractivity contribution in [3.05, 3.63) is 84.1 Å². The maximum atomic E-state index is 9.57. The van der Waals surface area contributed by atoms with E-state index in [1.807, 2.05) is 43.5 Å². The summed E-state index contributed by atoms with van der Waals surface area (Å²) in [7, 11) is 0. The third-order valence-corrected chi connectivity index (χ3v) is 4.09. The van der Waals surface area contributed by atoms with Gasteiger partial charge in [-0.2, -0.15) is 5.10 Å². The molecule has 24 heavy (non-hydrogen) atoms. The zero-order chi connectivity index (χ0) is 17.1. The standard InChI is InChI=1S/C21H20N2O/c1-4-5-14(2)21(16-6-9-19(24)10-7-16)15(3)17-8-11-20-18(12-17)13-22-23-20/h4-13,24H,2H2,1,3H3,(H,22,23)/b5-4-,21-15-. The number of phenolic OH excluding ortho intramolecular Hbond substituents is 1. The number of H-pyrrole nitrogens is 1. The number of nitrogens with one attached hydrogen (secondary N) is 1. The summed E-state index contributed by atoms with van der Waals surface area (Å²) in [5.41, 5.74) is 6.30. The number of fused-ring (bicyclic) bond motifs is 1. The Morgan fingerprint density at radius 2 is 1.83 bits per heavy atom. The van der Waals surface area contributed by atoms with Crippen LogP contribution in [0.5, 0.6) is 5.75 Å². The molecule has 0 aliphatic rings. The normalized spacial score (nSPS) is 12.6. The highest BCUT2D eigenvalue weighted by atomic mass is 16.3. The molecule has 3 nitrogen and oxygen atoms in total. The molecule has 0 amide bonds. The fourth-order valence-corrected chi connectivity index (χ4v) is 2.88. The van der Waals surface area contributed by atoms with Crippen molar-refractivity contribution in [3.63, 3.8) is 0 Å². The van der Waals surface area contributed by atoms with Gasteiger partial charge in [0.2, 0.25) is 0 Å². The first-order chi connectivity index (χ1) is 11.6. The van der Waals surface area contributed by atoms with Crippen LogP contribution < -0.4 is 0 Å². The molecule has 0 bridgehead atoms. The summed E-state index contributed by atoms with van der Waals surface area (Å²) < 4.78 is 0. The number of nitrogens with zero attached hydrogens (tertiary/aromatic N) is 1. The quantitative estimate of drug-likeness (QED) is 0.505. The summed E-state index contributed by atoms with van der Waals surface area (Å²) in [6, 6.07) is 13.5. The van der Waals surface area contributed by atoms with Gasteiger partial charge in [0, 0.05) is 5.39 Å². The van der Waals surface area contributed by atoms with Crippen LogP contribution in [0.1, 0.15) is 25.0 Å². The molecule has 2 aromatic carbocycles. The molecule has 0 saturated carbocycles. The van der Waals surface area contributed by atoms with E-state index in [9.17, 15) is 5.11 Å². The predicted octanol–water partition coefficient (Wildman–Crippen LogP) is 5.33. The molecule has 0 aliphatic carbocycles. The molecule has 3 heteroatoms. The molecule has 1 heterocycles. The topological polar surface area (TPSA) is 48.9 Å². The number of aromatic hydroxyl groups is 1. The predicted molar refractivity (Wildman–Crippen MR) is 101 cm³/mol. The number of phenols is 1. The number of rotatable bonds is 4. The van der Waals surface area contributed by atoms with E-state index in [0.717, 1.165) is 38.7 Å². The van der Waals surface area contributed by atoms with Crippen LogP contribution in [-0.4, -0.2) is 15.3 Å². The van der Waals surface area contributed by atoms with Crippen molar-refractivity contribution in [1.82, 2.24) is 10.2 Å². The minimum atomic E-state index is 0.257. The van der Waals surface area contributed by atoms with Crippen LogP contribution in [-0.2, 0) is 0 Å². The van der Waals surface area contributed by atoms with Gasteiger partial charge in [-0.3, -0.25) is 5.10 Å². The van der Waals surface area contributed by atoms with Gasteiger partial charge in [0.15, 0.2) is 0 Å². The lowest BCUT2D eigenvalue weighted by molar-refractivity contribution is 0.475. The fraction of sp³-hybridized carbons (Fsp3) is 0.0952. The highest BCUT2D eigenvalue weighted by Crippen LogP contribution is 2.33. The molecule has 0 fully saturated rings. The number of hydrogen-bond acceptors (Lipinski definition) is 2. The third kappa shape index (κ3) is 3.01.